The van der Waals surface area contributed by atoms with Crippen LogP contribution in [0.4, 0.5) is 10.1 Å². The molecule has 0 aromatic heterocycles. The van der Waals surface area contributed by atoms with Gasteiger partial charge in [0.05, 0.1) is 12.3 Å². The number of esters is 1. The summed E-state index contributed by atoms with van der Waals surface area (Å²) in [6.45, 7) is 2.97. The van der Waals surface area contributed by atoms with Gasteiger partial charge >= 0.3 is 5.97 Å². The predicted molar refractivity (Wildman–Crippen MR) is 109 cm³/mol. The molecule has 0 saturated heterocycles. The van der Waals surface area contributed by atoms with Crippen LogP contribution in [0.3, 0.4) is 0 Å². The Morgan fingerprint density at radius 3 is 2.76 bits per heavy atom. The number of benzene rings is 2. The number of carbonyl (C=O) groups is 2. The minimum Gasteiger partial charge on any atom is -0.439 e. The number of fused-ring (bicyclic) bond motifs is 1. The van der Waals surface area contributed by atoms with Gasteiger partial charge in [0, 0.05) is 40.5 Å². The average molecular weight is 416 g/mol. The van der Waals surface area contributed by atoms with Crippen molar-refractivity contribution in [2.24, 2.45) is 4.99 Å². The normalized spacial score (nSPS) is 15.4. The molecular formula is C21H19ClFN3O3. The van der Waals surface area contributed by atoms with Crippen molar-refractivity contribution in [2.75, 3.05) is 11.9 Å². The molecule has 1 unspecified atom stereocenters. The molecule has 0 radical (unpaired) electrons. The fourth-order valence-corrected chi connectivity index (χ4v) is 3.09. The summed E-state index contributed by atoms with van der Waals surface area (Å²) in [7, 11) is 0. The third-order valence-corrected chi connectivity index (χ3v) is 4.30. The first kappa shape index (κ1) is 20.5. The Balaban J connectivity index is 1.94. The minimum atomic E-state index is -0.772. The summed E-state index contributed by atoms with van der Waals surface area (Å²) < 4.78 is 19.5. The smallest absolute Gasteiger partial charge is 0.334 e. The van der Waals surface area contributed by atoms with Gasteiger partial charge in [-0.25, -0.2) is 9.18 Å². The van der Waals surface area contributed by atoms with E-state index in [1.807, 2.05) is 0 Å². The molecule has 0 spiro atoms. The van der Waals surface area contributed by atoms with Gasteiger partial charge in [0.2, 0.25) is 5.91 Å². The van der Waals surface area contributed by atoms with E-state index in [4.69, 9.17) is 16.3 Å². The molecule has 0 saturated carbocycles. The largest absolute Gasteiger partial charge is 0.439 e. The number of aliphatic imine (C=N–C) groups is 1. The number of hydrogen-bond donors (Lipinski definition) is 2. The number of ether oxygens (including phenoxy) is 1. The van der Waals surface area contributed by atoms with Gasteiger partial charge in [0.1, 0.15) is 5.82 Å². The molecule has 6 nitrogen and oxygen atoms in total. The van der Waals surface area contributed by atoms with Crippen molar-refractivity contribution >= 4 is 34.9 Å². The number of nitrogens with one attached hydrogen (secondary N) is 2. The van der Waals surface area contributed by atoms with Crippen LogP contribution in [0.2, 0.25) is 5.02 Å². The van der Waals surface area contributed by atoms with Crippen molar-refractivity contribution in [3.63, 3.8) is 0 Å². The summed E-state index contributed by atoms with van der Waals surface area (Å²) in [5, 5.41) is 6.07. The summed E-state index contributed by atoms with van der Waals surface area (Å²) in [4.78, 5) is 27.7. The SMILES string of the molecule is CC(=O)NC(C)OC(=O)C=C1CN=C(c2ccccc2F)c2cc(Cl)ccc2N1. The van der Waals surface area contributed by atoms with Crippen LogP contribution in [0.15, 0.2) is 59.2 Å². The van der Waals surface area contributed by atoms with Crippen molar-refractivity contribution in [1.82, 2.24) is 5.32 Å². The van der Waals surface area contributed by atoms with Gasteiger partial charge in [-0.05, 0) is 37.3 Å². The van der Waals surface area contributed by atoms with Crippen LogP contribution >= 0.6 is 11.6 Å². The molecular weight excluding hydrogens is 397 g/mol. The Bertz CT molecular complexity index is 1020. The maximum atomic E-state index is 14.4. The Morgan fingerprint density at radius 2 is 2.03 bits per heavy atom. The van der Waals surface area contributed by atoms with Crippen LogP contribution in [0.5, 0.6) is 0 Å². The number of hydrogen-bond acceptors (Lipinski definition) is 5. The van der Waals surface area contributed by atoms with E-state index in [2.05, 4.69) is 15.6 Å². The van der Waals surface area contributed by atoms with E-state index < -0.39 is 18.0 Å². The van der Waals surface area contributed by atoms with Gasteiger partial charge in [-0.2, -0.15) is 0 Å². The van der Waals surface area contributed by atoms with Crippen LogP contribution in [0.1, 0.15) is 25.0 Å². The Kier molecular flexibility index (Phi) is 6.29. The standard InChI is InChI=1S/C21H19ClFN3O3/c1-12(27)25-13(2)29-20(28)10-15-11-24-21(16-5-3-4-6-18(16)23)17-9-14(22)7-8-19(17)26-15/h3-10,13,26H,11H2,1-2H3,(H,25,27). The third kappa shape index (κ3) is 5.20. The second kappa shape index (κ2) is 8.87. The van der Waals surface area contributed by atoms with Gasteiger partial charge in [-0.3, -0.25) is 9.79 Å². The highest BCUT2D eigenvalue weighted by molar-refractivity contribution is 6.31. The molecule has 1 amide bonds. The fourth-order valence-electron chi connectivity index (χ4n) is 2.91. The molecule has 1 aliphatic rings. The van der Waals surface area contributed by atoms with Crippen LogP contribution < -0.4 is 10.6 Å². The number of benzodiazepines with no additional fused rings is 1. The van der Waals surface area contributed by atoms with Crippen molar-refractivity contribution < 1.29 is 18.7 Å². The molecule has 3 rings (SSSR count). The van der Waals surface area contributed by atoms with Crippen molar-refractivity contribution in [2.45, 2.75) is 20.1 Å². The van der Waals surface area contributed by atoms with E-state index in [1.54, 1.807) is 43.3 Å². The molecule has 0 fully saturated rings. The molecule has 1 aliphatic heterocycles. The topological polar surface area (TPSA) is 79.8 Å². The maximum absolute atomic E-state index is 14.4. The van der Waals surface area contributed by atoms with Gasteiger partial charge in [0.25, 0.3) is 0 Å². The fraction of sp³-hybridized carbons (Fsp3) is 0.190. The van der Waals surface area contributed by atoms with Crippen molar-refractivity contribution in [1.29, 1.82) is 0 Å². The van der Waals surface area contributed by atoms with E-state index in [1.165, 1.54) is 19.1 Å². The summed E-state index contributed by atoms with van der Waals surface area (Å²) in [5.41, 5.74) is 2.46. The molecule has 29 heavy (non-hydrogen) atoms. The van der Waals surface area contributed by atoms with E-state index in [0.29, 0.717) is 33.2 Å². The first-order valence-corrected chi connectivity index (χ1v) is 9.26. The lowest BCUT2D eigenvalue weighted by Crippen LogP contribution is -2.34. The zero-order valence-corrected chi connectivity index (χ0v) is 16.6. The summed E-state index contributed by atoms with van der Waals surface area (Å²) >= 11 is 6.14. The number of carbonyl (C=O) groups excluding carboxylic acids is 2. The summed E-state index contributed by atoms with van der Waals surface area (Å²) in [5.74, 6) is -1.36. The highest BCUT2D eigenvalue weighted by Crippen LogP contribution is 2.28. The molecule has 2 N–H and O–H groups in total. The second-order valence-electron chi connectivity index (χ2n) is 6.41. The zero-order valence-electron chi connectivity index (χ0n) is 15.8. The predicted octanol–water partition coefficient (Wildman–Crippen LogP) is 3.65. The first-order chi connectivity index (χ1) is 13.8. The highest BCUT2D eigenvalue weighted by Gasteiger charge is 2.20. The second-order valence-corrected chi connectivity index (χ2v) is 6.85. The van der Waals surface area contributed by atoms with Gasteiger partial charge in [-0.15, -0.1) is 0 Å². The number of anilines is 1. The van der Waals surface area contributed by atoms with E-state index in [-0.39, 0.29) is 12.5 Å². The van der Waals surface area contributed by atoms with E-state index in [9.17, 15) is 14.0 Å². The van der Waals surface area contributed by atoms with E-state index >= 15 is 0 Å². The van der Waals surface area contributed by atoms with E-state index in [0.717, 1.165) is 0 Å². The molecule has 8 heteroatoms. The number of rotatable bonds is 4. The minimum absolute atomic E-state index is 0.0968. The highest BCUT2D eigenvalue weighted by atomic mass is 35.5. The lowest BCUT2D eigenvalue weighted by molar-refractivity contribution is -0.145. The molecule has 0 aliphatic carbocycles. The molecule has 150 valence electrons. The first-order valence-electron chi connectivity index (χ1n) is 8.88. The van der Waals surface area contributed by atoms with Gasteiger partial charge < -0.3 is 15.4 Å². The monoisotopic (exact) mass is 415 g/mol. The quantitative estimate of drug-likeness (QED) is 0.454. The number of amides is 1. The van der Waals surface area contributed by atoms with Crippen LogP contribution in [-0.4, -0.2) is 30.4 Å². The van der Waals surface area contributed by atoms with Crippen molar-refractivity contribution in [3.8, 4) is 0 Å². The summed E-state index contributed by atoms with van der Waals surface area (Å²) in [6.07, 6.45) is 0.482. The van der Waals surface area contributed by atoms with Crippen LogP contribution in [0.25, 0.3) is 0 Å². The summed E-state index contributed by atoms with van der Waals surface area (Å²) in [6, 6.07) is 11.4. The Morgan fingerprint density at radius 1 is 1.28 bits per heavy atom. The lowest BCUT2D eigenvalue weighted by atomic mass is 10.00. The third-order valence-electron chi connectivity index (χ3n) is 4.06. The molecule has 0 bridgehead atoms. The molecule has 2 aromatic rings. The molecule has 1 heterocycles. The zero-order chi connectivity index (χ0) is 21.0. The Labute approximate surface area is 172 Å². The van der Waals surface area contributed by atoms with Gasteiger partial charge in [-0.1, -0.05) is 23.7 Å². The number of halogens is 2. The number of nitrogens with zero attached hydrogens (tertiary/aromatic N) is 1. The molecule has 1 atom stereocenters. The van der Waals surface area contributed by atoms with Crippen LogP contribution in [0, 0.1) is 5.82 Å². The maximum Gasteiger partial charge on any atom is 0.334 e. The Hall–Kier alpha value is -3.19. The lowest BCUT2D eigenvalue weighted by Gasteiger charge is -2.14. The average Bonchev–Trinajstić information content (AvgIpc) is 2.80. The van der Waals surface area contributed by atoms with Gasteiger partial charge in [0.15, 0.2) is 6.23 Å². The van der Waals surface area contributed by atoms with Crippen molar-refractivity contribution in [3.05, 3.63) is 76.2 Å². The molecule has 2 aromatic carbocycles. The van der Waals surface area contributed by atoms with Crippen LogP contribution in [-0.2, 0) is 14.3 Å².